The number of carboxylic acid groups (broad SMARTS) is 1. The van der Waals surface area contributed by atoms with Gasteiger partial charge < -0.3 is 37.6 Å². The number of hydrogen-bond acceptors (Lipinski definition) is 7. The van der Waals surface area contributed by atoms with Crippen molar-refractivity contribution in [3.63, 3.8) is 0 Å². The molecule has 0 spiro atoms. The summed E-state index contributed by atoms with van der Waals surface area (Å²) in [6.07, 6.45) is -0.552. The van der Waals surface area contributed by atoms with Crippen molar-refractivity contribution < 1.29 is 34.2 Å². The normalized spacial score (nSPS) is 12.3. The number of phenols is 1. The van der Waals surface area contributed by atoms with Gasteiger partial charge in [0.15, 0.2) is 0 Å². The van der Waals surface area contributed by atoms with E-state index in [0.29, 0.717) is 5.56 Å². The Balaban J connectivity index is 2.71. The van der Waals surface area contributed by atoms with E-state index in [2.05, 4.69) is 16.0 Å². The maximum atomic E-state index is 12.4. The third kappa shape index (κ3) is 8.71. The smallest absolute Gasteiger partial charge is 0.326 e. The van der Waals surface area contributed by atoms with Crippen molar-refractivity contribution in [2.24, 2.45) is 11.5 Å². The third-order valence-corrected chi connectivity index (χ3v) is 3.68. The highest BCUT2D eigenvalue weighted by Crippen LogP contribution is 2.11. The topological polar surface area (TPSA) is 214 Å². The van der Waals surface area contributed by atoms with Crippen molar-refractivity contribution in [1.29, 1.82) is 0 Å². The number of hydrogen-bond donors (Lipinski definition) is 7. The van der Waals surface area contributed by atoms with E-state index in [1.165, 1.54) is 12.1 Å². The molecule has 0 fully saturated rings. The summed E-state index contributed by atoms with van der Waals surface area (Å²) in [5.41, 5.74) is 10.8. The summed E-state index contributed by atoms with van der Waals surface area (Å²) in [6, 6.07) is 3.34. The van der Waals surface area contributed by atoms with E-state index in [1.807, 2.05) is 0 Å². The fraction of sp³-hybridized carbons (Fsp3) is 0.353. The SMILES string of the molecule is NCC(=O)NC(Cc1ccc(O)cc1)C(=O)NCC(=O)NC(CC(N)=O)C(=O)O. The van der Waals surface area contributed by atoms with E-state index in [-0.39, 0.29) is 18.7 Å². The molecule has 1 rings (SSSR count). The predicted octanol–water partition coefficient (Wildman–Crippen LogP) is -3.06. The lowest BCUT2D eigenvalue weighted by molar-refractivity contribution is -0.143. The van der Waals surface area contributed by atoms with Gasteiger partial charge in [-0.2, -0.15) is 0 Å². The fourth-order valence-electron chi connectivity index (χ4n) is 2.27. The lowest BCUT2D eigenvalue weighted by atomic mass is 10.0. The van der Waals surface area contributed by atoms with Crippen LogP contribution in [-0.2, 0) is 30.4 Å². The minimum absolute atomic E-state index is 0.0290. The Morgan fingerprint density at radius 2 is 1.55 bits per heavy atom. The molecule has 0 aliphatic carbocycles. The van der Waals surface area contributed by atoms with Gasteiger partial charge >= 0.3 is 5.97 Å². The van der Waals surface area contributed by atoms with Gasteiger partial charge in [0.25, 0.3) is 0 Å². The molecule has 2 atom stereocenters. The zero-order valence-corrected chi connectivity index (χ0v) is 15.4. The number of benzene rings is 1. The van der Waals surface area contributed by atoms with Gasteiger partial charge in [-0.25, -0.2) is 4.79 Å². The van der Waals surface area contributed by atoms with E-state index < -0.39 is 54.6 Å². The molecule has 0 saturated heterocycles. The van der Waals surface area contributed by atoms with Crippen LogP contribution in [0.25, 0.3) is 0 Å². The molecule has 29 heavy (non-hydrogen) atoms. The summed E-state index contributed by atoms with van der Waals surface area (Å²) in [7, 11) is 0. The van der Waals surface area contributed by atoms with Crippen molar-refractivity contribution in [2.75, 3.05) is 13.1 Å². The highest BCUT2D eigenvalue weighted by Gasteiger charge is 2.24. The van der Waals surface area contributed by atoms with Crippen LogP contribution in [0.4, 0.5) is 0 Å². The standard InChI is InChI=1S/C17H23N5O7/c18-7-14(25)21-11(5-9-1-3-10(23)4-2-9)16(27)20-8-15(26)22-12(17(28)29)6-13(19)24/h1-4,11-12,23H,5-8,18H2,(H2,19,24)(H,20,27)(H,21,25)(H,22,26)(H,28,29). The highest BCUT2D eigenvalue weighted by atomic mass is 16.4. The highest BCUT2D eigenvalue weighted by molar-refractivity contribution is 5.93. The molecule has 0 bridgehead atoms. The molecule has 158 valence electrons. The summed E-state index contributed by atoms with van der Waals surface area (Å²) in [4.78, 5) is 57.7. The summed E-state index contributed by atoms with van der Waals surface area (Å²) in [5, 5.41) is 25.0. The molecular formula is C17H23N5O7. The van der Waals surface area contributed by atoms with E-state index in [9.17, 15) is 29.1 Å². The molecule has 0 aliphatic heterocycles. The lowest BCUT2D eigenvalue weighted by Gasteiger charge is -2.19. The maximum Gasteiger partial charge on any atom is 0.326 e. The fourth-order valence-corrected chi connectivity index (χ4v) is 2.27. The first kappa shape index (κ1) is 23.4. The Labute approximate surface area is 165 Å². The monoisotopic (exact) mass is 409 g/mol. The Morgan fingerprint density at radius 1 is 0.966 bits per heavy atom. The molecule has 4 amide bonds. The van der Waals surface area contributed by atoms with Crippen LogP contribution in [0.1, 0.15) is 12.0 Å². The molecule has 1 aromatic carbocycles. The number of aromatic hydroxyl groups is 1. The molecule has 0 aromatic heterocycles. The first-order valence-corrected chi connectivity index (χ1v) is 8.48. The average molecular weight is 409 g/mol. The van der Waals surface area contributed by atoms with E-state index in [1.54, 1.807) is 12.1 Å². The van der Waals surface area contributed by atoms with Crippen LogP contribution in [0.3, 0.4) is 0 Å². The lowest BCUT2D eigenvalue weighted by Crippen LogP contribution is -2.52. The first-order valence-electron chi connectivity index (χ1n) is 8.48. The number of rotatable bonds is 11. The predicted molar refractivity (Wildman–Crippen MR) is 99.2 cm³/mol. The van der Waals surface area contributed by atoms with E-state index in [0.717, 1.165) is 0 Å². The quantitative estimate of drug-likeness (QED) is 0.199. The summed E-state index contributed by atoms with van der Waals surface area (Å²) in [6.45, 7) is -0.945. The second-order valence-electron chi connectivity index (χ2n) is 6.04. The number of nitrogens with one attached hydrogen (secondary N) is 3. The van der Waals surface area contributed by atoms with Crippen molar-refractivity contribution >= 4 is 29.6 Å². The minimum atomic E-state index is -1.53. The van der Waals surface area contributed by atoms with Gasteiger partial charge in [-0.15, -0.1) is 0 Å². The molecule has 9 N–H and O–H groups in total. The van der Waals surface area contributed by atoms with Crippen LogP contribution in [0, 0.1) is 0 Å². The molecule has 12 heteroatoms. The number of aliphatic carboxylic acids is 1. The number of nitrogens with two attached hydrogens (primary N) is 2. The zero-order valence-electron chi connectivity index (χ0n) is 15.4. The van der Waals surface area contributed by atoms with Gasteiger partial charge in [-0.1, -0.05) is 12.1 Å². The molecule has 0 radical (unpaired) electrons. The van der Waals surface area contributed by atoms with Crippen LogP contribution in [0.2, 0.25) is 0 Å². The number of primary amides is 1. The second kappa shape index (κ2) is 11.2. The molecule has 1 aromatic rings. The van der Waals surface area contributed by atoms with Gasteiger partial charge in [-0.05, 0) is 17.7 Å². The molecule has 12 nitrogen and oxygen atoms in total. The first-order chi connectivity index (χ1) is 13.6. The van der Waals surface area contributed by atoms with Crippen LogP contribution in [-0.4, -0.2) is 65.0 Å². The van der Waals surface area contributed by atoms with E-state index >= 15 is 0 Å². The van der Waals surface area contributed by atoms with Gasteiger partial charge in [0.05, 0.1) is 19.5 Å². The molecule has 0 saturated carbocycles. The van der Waals surface area contributed by atoms with Gasteiger partial charge in [0.1, 0.15) is 17.8 Å². The number of carbonyl (C=O) groups excluding carboxylic acids is 4. The minimum Gasteiger partial charge on any atom is -0.508 e. The van der Waals surface area contributed by atoms with Crippen molar-refractivity contribution in [1.82, 2.24) is 16.0 Å². The van der Waals surface area contributed by atoms with Crippen molar-refractivity contribution in [2.45, 2.75) is 24.9 Å². The maximum absolute atomic E-state index is 12.4. The van der Waals surface area contributed by atoms with E-state index in [4.69, 9.17) is 16.6 Å². The largest absolute Gasteiger partial charge is 0.508 e. The van der Waals surface area contributed by atoms with Crippen LogP contribution in [0.15, 0.2) is 24.3 Å². The van der Waals surface area contributed by atoms with Crippen LogP contribution in [0.5, 0.6) is 5.75 Å². The number of carbonyl (C=O) groups is 5. The van der Waals surface area contributed by atoms with Crippen molar-refractivity contribution in [3.8, 4) is 5.75 Å². The second-order valence-corrected chi connectivity index (χ2v) is 6.04. The average Bonchev–Trinajstić information content (AvgIpc) is 2.66. The molecule has 0 heterocycles. The molecule has 2 unspecified atom stereocenters. The van der Waals surface area contributed by atoms with Gasteiger partial charge in [-0.3, -0.25) is 19.2 Å². The van der Waals surface area contributed by atoms with Crippen LogP contribution >= 0.6 is 0 Å². The van der Waals surface area contributed by atoms with Gasteiger partial charge in [0, 0.05) is 6.42 Å². The number of amides is 4. The summed E-state index contributed by atoms with van der Waals surface area (Å²) >= 11 is 0. The Hall–Kier alpha value is -3.67. The molecular weight excluding hydrogens is 386 g/mol. The Bertz CT molecular complexity index is 766. The Morgan fingerprint density at radius 3 is 2.07 bits per heavy atom. The van der Waals surface area contributed by atoms with Crippen LogP contribution < -0.4 is 27.4 Å². The summed E-state index contributed by atoms with van der Waals surface area (Å²) < 4.78 is 0. The van der Waals surface area contributed by atoms with Crippen molar-refractivity contribution in [3.05, 3.63) is 29.8 Å². The Kier molecular flexibility index (Phi) is 9.05. The summed E-state index contributed by atoms with van der Waals surface area (Å²) in [5.74, 6) is -4.51. The third-order valence-electron chi connectivity index (χ3n) is 3.68. The number of phenolic OH excluding ortho intramolecular Hbond substituents is 1. The zero-order chi connectivity index (χ0) is 22.0. The molecule has 0 aliphatic rings. The van der Waals surface area contributed by atoms with Gasteiger partial charge in [0.2, 0.25) is 23.6 Å². The number of carboxylic acids is 1.